The zero-order valence-electron chi connectivity index (χ0n) is 17.7. The number of fused-ring (bicyclic) bond motifs is 3. The molecule has 1 saturated heterocycles. The van der Waals surface area contributed by atoms with Gasteiger partial charge in [0.25, 0.3) is 5.91 Å². The van der Waals surface area contributed by atoms with Crippen LogP contribution in [-0.4, -0.2) is 54.4 Å². The number of amides is 3. The number of ether oxygens (including phenoxy) is 1. The molecule has 2 aromatic rings. The van der Waals surface area contributed by atoms with Gasteiger partial charge in [0.05, 0.1) is 18.5 Å². The maximum absolute atomic E-state index is 13.8. The lowest BCUT2D eigenvalue weighted by Crippen LogP contribution is -2.48. The molecule has 7 nitrogen and oxygen atoms in total. The summed E-state index contributed by atoms with van der Waals surface area (Å²) in [6.07, 6.45) is 1.78. The quantitative estimate of drug-likeness (QED) is 0.750. The highest BCUT2D eigenvalue weighted by molar-refractivity contribution is 5.97. The molecule has 0 saturated carbocycles. The Morgan fingerprint density at radius 1 is 1.06 bits per heavy atom. The van der Waals surface area contributed by atoms with E-state index in [-0.39, 0.29) is 67.7 Å². The second kappa shape index (κ2) is 9.80. The minimum Gasteiger partial charge on any atom is -0.491 e. The van der Waals surface area contributed by atoms with Crippen LogP contribution in [-0.2, 0) is 16.0 Å². The SMILES string of the molecule is O=C1C[C@@H]2CC[C@H](CNC(=O)c3cc(F)ccc3OCCN1)N2C(=O)Cc1ccccc1. The van der Waals surface area contributed by atoms with Gasteiger partial charge >= 0.3 is 0 Å². The Labute approximate surface area is 185 Å². The van der Waals surface area contributed by atoms with E-state index in [4.69, 9.17) is 4.74 Å². The molecule has 0 aromatic heterocycles. The monoisotopic (exact) mass is 439 g/mol. The highest BCUT2D eigenvalue weighted by Gasteiger charge is 2.38. The van der Waals surface area contributed by atoms with Crippen molar-refractivity contribution in [3.8, 4) is 5.75 Å². The number of rotatable bonds is 2. The van der Waals surface area contributed by atoms with Crippen LogP contribution in [0.4, 0.5) is 4.39 Å². The minimum atomic E-state index is -0.544. The summed E-state index contributed by atoms with van der Waals surface area (Å²) in [5.74, 6) is -0.988. The number of carbonyl (C=O) groups is 3. The van der Waals surface area contributed by atoms with Crippen molar-refractivity contribution >= 4 is 17.7 Å². The van der Waals surface area contributed by atoms with E-state index in [0.717, 1.165) is 11.6 Å². The number of benzene rings is 2. The normalized spacial score (nSPS) is 21.6. The maximum atomic E-state index is 13.8. The van der Waals surface area contributed by atoms with Crippen LogP contribution in [0.1, 0.15) is 35.2 Å². The van der Waals surface area contributed by atoms with Crippen LogP contribution >= 0.6 is 0 Å². The smallest absolute Gasteiger partial charge is 0.255 e. The summed E-state index contributed by atoms with van der Waals surface area (Å²) in [5, 5.41) is 5.63. The largest absolute Gasteiger partial charge is 0.491 e. The Morgan fingerprint density at radius 3 is 2.66 bits per heavy atom. The summed E-state index contributed by atoms with van der Waals surface area (Å²) < 4.78 is 19.4. The number of carbonyl (C=O) groups excluding carboxylic acids is 3. The zero-order chi connectivity index (χ0) is 22.5. The van der Waals surface area contributed by atoms with Crippen LogP contribution in [0.25, 0.3) is 0 Å². The summed E-state index contributed by atoms with van der Waals surface area (Å²) in [6.45, 7) is 0.598. The molecule has 0 spiro atoms. The first-order chi connectivity index (χ1) is 15.5. The van der Waals surface area contributed by atoms with Gasteiger partial charge < -0.3 is 20.3 Å². The molecular weight excluding hydrogens is 413 g/mol. The fraction of sp³-hybridized carbons (Fsp3) is 0.375. The van der Waals surface area contributed by atoms with Gasteiger partial charge in [-0.25, -0.2) is 4.39 Å². The first kappa shape index (κ1) is 21.8. The van der Waals surface area contributed by atoms with Crippen molar-refractivity contribution in [3.05, 3.63) is 65.5 Å². The molecule has 2 aromatic carbocycles. The third kappa shape index (κ3) is 5.07. The number of nitrogens with one attached hydrogen (secondary N) is 2. The van der Waals surface area contributed by atoms with Gasteiger partial charge in [-0.1, -0.05) is 30.3 Å². The van der Waals surface area contributed by atoms with E-state index in [9.17, 15) is 18.8 Å². The predicted octanol–water partition coefficient (Wildman–Crippen LogP) is 2.06. The molecule has 0 radical (unpaired) electrons. The maximum Gasteiger partial charge on any atom is 0.255 e. The lowest BCUT2D eigenvalue weighted by atomic mass is 10.1. The highest BCUT2D eigenvalue weighted by atomic mass is 19.1. The molecule has 0 aliphatic carbocycles. The standard InChI is InChI=1S/C24H26FN3O4/c25-17-6-9-21-20(13-17)24(31)27-15-19-8-7-18(14-22(29)26-10-11-32-21)28(19)23(30)12-16-4-2-1-3-5-16/h1-6,9,13,18-19H,7-8,10-12,14-15H2,(H,26,29)(H,27,31)/t18-,19+/m0/s1. The molecule has 2 atom stereocenters. The van der Waals surface area contributed by atoms with Crippen LogP contribution in [0.5, 0.6) is 5.75 Å². The third-order valence-electron chi connectivity index (χ3n) is 5.89. The molecule has 3 amide bonds. The molecule has 2 bridgehead atoms. The molecule has 8 heteroatoms. The second-order valence-corrected chi connectivity index (χ2v) is 8.10. The number of nitrogens with zero attached hydrogens (tertiary/aromatic N) is 1. The summed E-state index contributed by atoms with van der Waals surface area (Å²) in [4.78, 5) is 40.2. The minimum absolute atomic E-state index is 0.0763. The Bertz CT molecular complexity index is 998. The number of hydrogen-bond acceptors (Lipinski definition) is 4. The molecule has 1 fully saturated rings. The van der Waals surface area contributed by atoms with E-state index >= 15 is 0 Å². The van der Waals surface area contributed by atoms with Gasteiger partial charge in [0.1, 0.15) is 18.2 Å². The zero-order valence-corrected chi connectivity index (χ0v) is 17.7. The number of halogens is 1. The van der Waals surface area contributed by atoms with E-state index in [0.29, 0.717) is 12.8 Å². The van der Waals surface area contributed by atoms with E-state index in [1.807, 2.05) is 30.3 Å². The summed E-state index contributed by atoms with van der Waals surface area (Å²) in [5.41, 5.74) is 0.983. The molecule has 2 aliphatic rings. The Balaban J connectivity index is 1.57. The van der Waals surface area contributed by atoms with E-state index < -0.39 is 11.7 Å². The van der Waals surface area contributed by atoms with Crippen LogP contribution in [0.2, 0.25) is 0 Å². The summed E-state index contributed by atoms with van der Waals surface area (Å²) in [7, 11) is 0. The molecule has 2 aliphatic heterocycles. The average molecular weight is 439 g/mol. The van der Waals surface area contributed by atoms with Crippen LogP contribution in [0.3, 0.4) is 0 Å². The van der Waals surface area contributed by atoms with Crippen LogP contribution in [0, 0.1) is 5.82 Å². The van der Waals surface area contributed by atoms with Gasteiger partial charge in [-0.3, -0.25) is 14.4 Å². The molecule has 2 N–H and O–H groups in total. The van der Waals surface area contributed by atoms with Crippen LogP contribution < -0.4 is 15.4 Å². The van der Waals surface area contributed by atoms with Crippen molar-refractivity contribution in [2.45, 2.75) is 37.8 Å². The van der Waals surface area contributed by atoms with Gasteiger partial charge in [0.15, 0.2) is 0 Å². The molecular formula is C24H26FN3O4. The first-order valence-electron chi connectivity index (χ1n) is 10.8. The molecule has 168 valence electrons. The fourth-order valence-electron chi connectivity index (χ4n) is 4.38. The molecule has 0 unspecified atom stereocenters. The van der Waals surface area contributed by atoms with Crippen molar-refractivity contribution in [1.29, 1.82) is 0 Å². The molecule has 2 heterocycles. The number of hydrogen-bond donors (Lipinski definition) is 2. The topological polar surface area (TPSA) is 87.7 Å². The molecule has 4 rings (SSSR count). The van der Waals surface area contributed by atoms with E-state index in [2.05, 4.69) is 10.6 Å². The summed E-state index contributed by atoms with van der Waals surface area (Å²) >= 11 is 0. The molecule has 32 heavy (non-hydrogen) atoms. The van der Waals surface area contributed by atoms with Crippen molar-refractivity contribution in [3.63, 3.8) is 0 Å². The van der Waals surface area contributed by atoms with Crippen molar-refractivity contribution in [2.24, 2.45) is 0 Å². The van der Waals surface area contributed by atoms with Gasteiger partial charge in [-0.2, -0.15) is 0 Å². The lowest BCUT2D eigenvalue weighted by Gasteiger charge is -2.31. The van der Waals surface area contributed by atoms with E-state index in [1.54, 1.807) is 4.90 Å². The Kier molecular flexibility index (Phi) is 6.68. The second-order valence-electron chi connectivity index (χ2n) is 8.10. The van der Waals surface area contributed by atoms with Gasteiger partial charge in [-0.15, -0.1) is 0 Å². The van der Waals surface area contributed by atoms with Crippen molar-refractivity contribution in [2.75, 3.05) is 19.7 Å². The van der Waals surface area contributed by atoms with E-state index in [1.165, 1.54) is 12.1 Å². The first-order valence-corrected chi connectivity index (χ1v) is 10.8. The van der Waals surface area contributed by atoms with Crippen molar-refractivity contribution in [1.82, 2.24) is 15.5 Å². The van der Waals surface area contributed by atoms with Crippen LogP contribution in [0.15, 0.2) is 48.5 Å². The average Bonchev–Trinajstić information content (AvgIpc) is 3.18. The highest BCUT2D eigenvalue weighted by Crippen LogP contribution is 2.28. The third-order valence-corrected chi connectivity index (χ3v) is 5.89. The fourth-order valence-corrected chi connectivity index (χ4v) is 4.38. The summed E-state index contributed by atoms with van der Waals surface area (Å²) in [6, 6.07) is 12.7. The van der Waals surface area contributed by atoms with Gasteiger partial charge in [0, 0.05) is 25.0 Å². The van der Waals surface area contributed by atoms with Gasteiger partial charge in [0.2, 0.25) is 11.8 Å². The van der Waals surface area contributed by atoms with Gasteiger partial charge in [-0.05, 0) is 36.6 Å². The predicted molar refractivity (Wildman–Crippen MR) is 116 cm³/mol. The Morgan fingerprint density at radius 2 is 1.84 bits per heavy atom. The lowest BCUT2D eigenvalue weighted by molar-refractivity contribution is -0.134. The van der Waals surface area contributed by atoms with Crippen molar-refractivity contribution < 1.29 is 23.5 Å². The Hall–Kier alpha value is -3.42.